The van der Waals surface area contributed by atoms with E-state index in [4.69, 9.17) is 28.2 Å². The van der Waals surface area contributed by atoms with Crippen LogP contribution in [0.25, 0.3) is 11.3 Å². The minimum atomic E-state index is -0.108. The zero-order chi connectivity index (χ0) is 28.1. The fourth-order valence-electron chi connectivity index (χ4n) is 5.11. The Balaban J connectivity index is 1.07. The number of aromatic nitrogens is 1. The van der Waals surface area contributed by atoms with Crippen molar-refractivity contribution >= 4 is 63.8 Å². The number of carbonyl (C=O) groups excluding carboxylic acids is 2. The van der Waals surface area contributed by atoms with Crippen LogP contribution in [-0.4, -0.2) is 66.2 Å². The van der Waals surface area contributed by atoms with E-state index in [1.807, 2.05) is 54.9 Å². The lowest BCUT2D eigenvalue weighted by Crippen LogP contribution is -2.44. The van der Waals surface area contributed by atoms with E-state index in [2.05, 4.69) is 15.5 Å². The van der Waals surface area contributed by atoms with Gasteiger partial charge >= 0.3 is 0 Å². The number of thiazole rings is 1. The summed E-state index contributed by atoms with van der Waals surface area (Å²) in [4.78, 5) is 34.3. The van der Waals surface area contributed by atoms with E-state index in [1.54, 1.807) is 4.90 Å². The summed E-state index contributed by atoms with van der Waals surface area (Å²) in [7, 11) is 1.82. The molecule has 3 aromatic rings. The molecule has 11 heteroatoms. The molecule has 2 N–H and O–H groups in total. The summed E-state index contributed by atoms with van der Waals surface area (Å²) < 4.78 is 0.853. The number of amides is 2. The molecule has 5 rings (SSSR count). The van der Waals surface area contributed by atoms with Gasteiger partial charge in [0.05, 0.1) is 27.5 Å². The topological polar surface area (TPSA) is 77.6 Å². The number of benzene rings is 2. The first kappa shape index (κ1) is 29.4. The Labute approximate surface area is 253 Å². The maximum absolute atomic E-state index is 12.8. The molecular formula is C29H33Cl2N5O2S2. The van der Waals surface area contributed by atoms with Gasteiger partial charge < -0.3 is 15.5 Å². The van der Waals surface area contributed by atoms with E-state index in [9.17, 15) is 9.59 Å². The van der Waals surface area contributed by atoms with Crippen LogP contribution in [0.1, 0.15) is 31.2 Å². The standard InChI is InChI=1S/C29H33Cl2N5O2S2/c1-35(28(38)25-6-3-11-32-25)22-5-2-4-20(15-22)26-17-39-29(34-26)40-18-27(37)33-21-9-12-36(13-10-21)16-19-7-8-23(30)24(31)14-19/h2,4-5,7-8,14-15,17,21,25,32H,3,6,9-13,16,18H2,1H3,(H,33,37)/t25-/m0/s1. The van der Waals surface area contributed by atoms with Crippen molar-refractivity contribution in [3.05, 3.63) is 63.5 Å². The zero-order valence-corrected chi connectivity index (χ0v) is 25.5. The highest BCUT2D eigenvalue weighted by Gasteiger charge is 2.26. The third-order valence-electron chi connectivity index (χ3n) is 7.37. The van der Waals surface area contributed by atoms with Gasteiger partial charge in [-0.2, -0.15) is 0 Å². The van der Waals surface area contributed by atoms with Gasteiger partial charge in [0.1, 0.15) is 0 Å². The fourth-order valence-corrected chi connectivity index (χ4v) is 7.08. The Morgan fingerprint density at radius 1 is 1.15 bits per heavy atom. The highest BCUT2D eigenvalue weighted by atomic mass is 35.5. The van der Waals surface area contributed by atoms with Crippen LogP contribution in [-0.2, 0) is 16.1 Å². The number of anilines is 1. The van der Waals surface area contributed by atoms with E-state index in [0.29, 0.717) is 15.8 Å². The molecule has 7 nitrogen and oxygen atoms in total. The lowest BCUT2D eigenvalue weighted by atomic mass is 10.0. The first-order valence-corrected chi connectivity index (χ1v) is 16.1. The number of thioether (sulfide) groups is 1. The van der Waals surface area contributed by atoms with Crippen molar-refractivity contribution in [2.24, 2.45) is 0 Å². The van der Waals surface area contributed by atoms with Gasteiger partial charge in [-0.05, 0) is 62.1 Å². The van der Waals surface area contributed by atoms with E-state index in [1.165, 1.54) is 23.1 Å². The summed E-state index contributed by atoms with van der Waals surface area (Å²) in [5.41, 5.74) is 3.80. The van der Waals surface area contributed by atoms with Crippen molar-refractivity contribution in [2.45, 2.75) is 48.7 Å². The molecule has 1 aromatic heterocycles. The summed E-state index contributed by atoms with van der Waals surface area (Å²) in [6.07, 6.45) is 3.75. The molecule has 40 heavy (non-hydrogen) atoms. The summed E-state index contributed by atoms with van der Waals surface area (Å²) >= 11 is 15.2. The summed E-state index contributed by atoms with van der Waals surface area (Å²) in [6.45, 7) is 3.56. The third kappa shape index (κ3) is 7.57. The van der Waals surface area contributed by atoms with Crippen LogP contribution in [0, 0.1) is 0 Å². The van der Waals surface area contributed by atoms with Gasteiger partial charge in [-0.1, -0.05) is 53.2 Å². The first-order valence-electron chi connectivity index (χ1n) is 13.5. The van der Waals surface area contributed by atoms with Crippen LogP contribution in [0.3, 0.4) is 0 Å². The number of piperidine rings is 1. The van der Waals surface area contributed by atoms with Gasteiger partial charge in [0.2, 0.25) is 11.8 Å². The minimum Gasteiger partial charge on any atom is -0.353 e. The smallest absolute Gasteiger partial charge is 0.243 e. The van der Waals surface area contributed by atoms with Crippen LogP contribution in [0.5, 0.6) is 0 Å². The van der Waals surface area contributed by atoms with E-state index < -0.39 is 0 Å². The van der Waals surface area contributed by atoms with Crippen LogP contribution in [0.2, 0.25) is 10.0 Å². The molecule has 2 fully saturated rings. The Hall–Kier alpha value is -2.14. The highest BCUT2D eigenvalue weighted by molar-refractivity contribution is 8.01. The van der Waals surface area contributed by atoms with E-state index in [-0.39, 0.29) is 23.9 Å². The van der Waals surface area contributed by atoms with Crippen LogP contribution in [0.15, 0.2) is 52.2 Å². The third-order valence-corrected chi connectivity index (χ3v) is 10.1. The predicted octanol–water partition coefficient (Wildman–Crippen LogP) is 5.70. The van der Waals surface area contributed by atoms with Crippen LogP contribution >= 0.6 is 46.3 Å². The molecule has 2 aliphatic rings. The molecule has 2 aromatic carbocycles. The Bertz CT molecular complexity index is 1340. The molecule has 2 amide bonds. The molecule has 0 bridgehead atoms. The number of nitrogens with zero attached hydrogens (tertiary/aromatic N) is 3. The second-order valence-corrected chi connectivity index (χ2v) is 13.1. The lowest BCUT2D eigenvalue weighted by Gasteiger charge is -2.32. The maximum atomic E-state index is 12.8. The largest absolute Gasteiger partial charge is 0.353 e. The number of halogens is 2. The summed E-state index contributed by atoms with van der Waals surface area (Å²) in [5.74, 6) is 0.460. The number of nitrogens with one attached hydrogen (secondary N) is 2. The molecule has 3 heterocycles. The number of likely N-dealkylation sites (N-methyl/N-ethyl adjacent to an activating group) is 1. The van der Waals surface area contributed by atoms with Crippen LogP contribution < -0.4 is 15.5 Å². The second kappa shape index (κ2) is 13.7. The first-order chi connectivity index (χ1) is 19.4. The molecule has 0 spiro atoms. The second-order valence-electron chi connectivity index (χ2n) is 10.3. The predicted molar refractivity (Wildman–Crippen MR) is 166 cm³/mol. The Kier molecular flexibility index (Phi) is 10.0. The number of carbonyl (C=O) groups is 2. The molecule has 1 atom stereocenters. The molecule has 0 aliphatic carbocycles. The van der Waals surface area contributed by atoms with Gasteiger partial charge in [0.15, 0.2) is 4.34 Å². The number of rotatable bonds is 9. The molecule has 2 saturated heterocycles. The van der Waals surface area contributed by atoms with Crippen molar-refractivity contribution in [1.82, 2.24) is 20.5 Å². The average molecular weight is 619 g/mol. The van der Waals surface area contributed by atoms with Gasteiger partial charge in [0, 0.05) is 49.4 Å². The van der Waals surface area contributed by atoms with Gasteiger partial charge in [0.25, 0.3) is 0 Å². The monoisotopic (exact) mass is 617 g/mol. The number of hydrogen-bond donors (Lipinski definition) is 2. The number of hydrogen-bond acceptors (Lipinski definition) is 7. The van der Waals surface area contributed by atoms with Crippen molar-refractivity contribution in [2.75, 3.05) is 37.3 Å². The van der Waals surface area contributed by atoms with Gasteiger partial charge in [-0.25, -0.2) is 4.98 Å². The minimum absolute atomic E-state index is 0.0346. The molecule has 212 valence electrons. The van der Waals surface area contributed by atoms with Crippen molar-refractivity contribution < 1.29 is 9.59 Å². The molecule has 0 radical (unpaired) electrons. The summed E-state index contributed by atoms with van der Waals surface area (Å²) in [5, 5.41) is 9.62. The fraction of sp³-hybridized carbons (Fsp3) is 0.414. The quantitative estimate of drug-likeness (QED) is 0.300. The lowest BCUT2D eigenvalue weighted by molar-refractivity contribution is -0.120. The van der Waals surface area contributed by atoms with E-state index >= 15 is 0 Å². The highest BCUT2D eigenvalue weighted by Crippen LogP contribution is 2.30. The van der Waals surface area contributed by atoms with Crippen LogP contribution in [0.4, 0.5) is 5.69 Å². The number of likely N-dealkylation sites (tertiary alicyclic amines) is 1. The van der Waals surface area contributed by atoms with Gasteiger partial charge in [-0.15, -0.1) is 11.3 Å². The zero-order valence-electron chi connectivity index (χ0n) is 22.4. The van der Waals surface area contributed by atoms with E-state index in [0.717, 1.165) is 78.7 Å². The molecule has 2 aliphatic heterocycles. The molecule has 0 unspecified atom stereocenters. The Morgan fingerprint density at radius 2 is 1.98 bits per heavy atom. The normalized spacial score (nSPS) is 18.1. The molecule has 0 saturated carbocycles. The summed E-state index contributed by atoms with van der Waals surface area (Å²) in [6, 6.07) is 13.7. The molecular weight excluding hydrogens is 585 g/mol. The maximum Gasteiger partial charge on any atom is 0.243 e. The van der Waals surface area contributed by atoms with Crippen molar-refractivity contribution in [1.29, 1.82) is 0 Å². The van der Waals surface area contributed by atoms with Crippen molar-refractivity contribution in [3.8, 4) is 11.3 Å². The van der Waals surface area contributed by atoms with Crippen molar-refractivity contribution in [3.63, 3.8) is 0 Å². The SMILES string of the molecule is CN(C(=O)[C@@H]1CCCN1)c1cccc(-c2csc(SCC(=O)NC3CCN(Cc4ccc(Cl)c(Cl)c4)CC3)n2)c1. The van der Waals surface area contributed by atoms with Gasteiger partial charge in [-0.3, -0.25) is 14.5 Å². The average Bonchev–Trinajstić information content (AvgIpc) is 3.67. The Morgan fingerprint density at radius 3 is 2.73 bits per heavy atom.